The lowest BCUT2D eigenvalue weighted by atomic mass is 9.37. The lowest BCUT2D eigenvalue weighted by molar-refractivity contribution is -0.204. The second-order valence-corrected chi connectivity index (χ2v) is 8.57. The highest BCUT2D eigenvalue weighted by Crippen LogP contribution is 2.68. The molecule has 0 aromatic heterocycles. The zero-order chi connectivity index (χ0) is 13.9. The molecule has 0 aromatic carbocycles. The molecular weight excluding hydrogens is 228 g/mol. The van der Waals surface area contributed by atoms with Gasteiger partial charge >= 0.3 is 0 Å². The molecule has 0 amide bonds. The molecule has 3 rings (SSSR count). The van der Waals surface area contributed by atoms with E-state index in [4.69, 9.17) is 0 Å². The maximum absolute atomic E-state index is 2.56. The van der Waals surface area contributed by atoms with Gasteiger partial charge in [0.2, 0.25) is 0 Å². The first-order chi connectivity index (χ1) is 8.97. The average Bonchev–Trinajstić information content (AvgIpc) is 2.75. The first kappa shape index (κ1) is 14.0. The Bertz CT molecular complexity index is 333. The summed E-state index contributed by atoms with van der Waals surface area (Å²) >= 11 is 0. The summed E-state index contributed by atoms with van der Waals surface area (Å²) in [5, 5.41) is 0. The quantitative estimate of drug-likeness (QED) is 0.632. The van der Waals surface area contributed by atoms with Crippen molar-refractivity contribution >= 4 is 0 Å². The van der Waals surface area contributed by atoms with Crippen LogP contribution in [0.4, 0.5) is 0 Å². The predicted octanol–water partition coefficient (Wildman–Crippen LogP) is 5.48. The fraction of sp³-hybridized carbons (Fsp3) is 1.00. The molecule has 0 bridgehead atoms. The fourth-order valence-corrected chi connectivity index (χ4v) is 6.64. The summed E-state index contributed by atoms with van der Waals surface area (Å²) in [5.41, 5.74) is 0. The van der Waals surface area contributed by atoms with Gasteiger partial charge in [0, 0.05) is 0 Å². The second kappa shape index (κ2) is 4.78. The summed E-state index contributed by atoms with van der Waals surface area (Å²) in [5.74, 6) is 10.4. The molecule has 0 aliphatic heterocycles. The van der Waals surface area contributed by atoms with Crippen LogP contribution >= 0.6 is 0 Å². The van der Waals surface area contributed by atoms with Crippen LogP contribution in [0.1, 0.15) is 60.8 Å². The molecule has 0 heteroatoms. The Balaban J connectivity index is 1.66. The molecule has 3 fully saturated rings. The summed E-state index contributed by atoms with van der Waals surface area (Å²) < 4.78 is 0. The summed E-state index contributed by atoms with van der Waals surface area (Å²) in [7, 11) is 0. The third-order valence-electron chi connectivity index (χ3n) is 8.05. The normalized spacial score (nSPS) is 58.1. The van der Waals surface area contributed by atoms with Crippen molar-refractivity contribution in [3.8, 4) is 0 Å². The molecule has 10 unspecified atom stereocenters. The van der Waals surface area contributed by atoms with Gasteiger partial charge in [0.15, 0.2) is 0 Å². The minimum absolute atomic E-state index is 0.948. The van der Waals surface area contributed by atoms with Gasteiger partial charge in [0.25, 0.3) is 0 Å². The van der Waals surface area contributed by atoms with Crippen LogP contribution in [0.3, 0.4) is 0 Å². The Labute approximate surface area is 120 Å². The predicted molar refractivity (Wildman–Crippen MR) is 82.8 cm³/mol. The van der Waals surface area contributed by atoms with Gasteiger partial charge in [0.05, 0.1) is 0 Å². The van der Waals surface area contributed by atoms with E-state index in [0.717, 1.165) is 59.2 Å². The minimum atomic E-state index is 0.948. The minimum Gasteiger partial charge on any atom is -0.0651 e. The first-order valence-electron chi connectivity index (χ1n) is 8.97. The number of fused-ring (bicyclic) bond motifs is 1. The summed E-state index contributed by atoms with van der Waals surface area (Å²) in [6, 6.07) is 0. The van der Waals surface area contributed by atoms with Crippen LogP contribution in [0.25, 0.3) is 0 Å². The molecule has 110 valence electrons. The van der Waals surface area contributed by atoms with Gasteiger partial charge in [0.1, 0.15) is 0 Å². The van der Waals surface area contributed by atoms with Crippen molar-refractivity contribution in [2.75, 3.05) is 0 Å². The summed E-state index contributed by atoms with van der Waals surface area (Å²) in [4.78, 5) is 0. The van der Waals surface area contributed by atoms with Crippen LogP contribution in [0.2, 0.25) is 0 Å². The Kier molecular flexibility index (Phi) is 3.51. The van der Waals surface area contributed by atoms with Gasteiger partial charge in [-0.25, -0.2) is 0 Å². The SMILES string of the molecule is CCC(C)C1CC(C2C(C)C3C(C)C(C)C23)CC1C. The monoisotopic (exact) mass is 262 g/mol. The molecule has 3 aliphatic rings. The van der Waals surface area contributed by atoms with E-state index in [1.807, 2.05) is 0 Å². The lowest BCUT2D eigenvalue weighted by Crippen LogP contribution is -2.63. The van der Waals surface area contributed by atoms with Crippen LogP contribution < -0.4 is 0 Å². The highest BCUT2D eigenvalue weighted by molar-refractivity contribution is 5.11. The molecule has 3 saturated carbocycles. The van der Waals surface area contributed by atoms with Crippen molar-refractivity contribution in [3.63, 3.8) is 0 Å². The molecule has 0 aromatic rings. The maximum atomic E-state index is 2.56. The van der Waals surface area contributed by atoms with Crippen LogP contribution in [0.15, 0.2) is 0 Å². The molecular formula is C19H34. The van der Waals surface area contributed by atoms with Gasteiger partial charge in [-0.05, 0) is 72.0 Å². The largest absolute Gasteiger partial charge is 0.0651 e. The lowest BCUT2D eigenvalue weighted by Gasteiger charge is -2.68. The Morgan fingerprint density at radius 2 is 1.47 bits per heavy atom. The van der Waals surface area contributed by atoms with Gasteiger partial charge in [-0.3, -0.25) is 0 Å². The van der Waals surface area contributed by atoms with Crippen molar-refractivity contribution in [3.05, 3.63) is 0 Å². The van der Waals surface area contributed by atoms with E-state index in [2.05, 4.69) is 41.5 Å². The molecule has 10 atom stereocenters. The van der Waals surface area contributed by atoms with Crippen LogP contribution in [0, 0.1) is 59.2 Å². The molecule has 0 radical (unpaired) electrons. The number of rotatable bonds is 3. The molecule has 0 spiro atoms. The van der Waals surface area contributed by atoms with E-state index in [1.54, 1.807) is 6.42 Å². The molecule has 19 heavy (non-hydrogen) atoms. The van der Waals surface area contributed by atoms with E-state index in [0.29, 0.717) is 0 Å². The smallest absolute Gasteiger partial charge is 0.0318 e. The van der Waals surface area contributed by atoms with Crippen molar-refractivity contribution in [2.24, 2.45) is 59.2 Å². The second-order valence-electron chi connectivity index (χ2n) is 8.57. The van der Waals surface area contributed by atoms with Crippen molar-refractivity contribution < 1.29 is 0 Å². The standard InChI is InChI=1S/C19H34/c1-7-10(2)16-9-15(8-11(16)3)18-14(6)17-12(4)13(5)19(17)18/h10-19H,7-9H2,1-6H3. The van der Waals surface area contributed by atoms with Crippen LogP contribution in [-0.4, -0.2) is 0 Å². The van der Waals surface area contributed by atoms with Crippen LogP contribution in [-0.2, 0) is 0 Å². The Morgan fingerprint density at radius 3 is 2.11 bits per heavy atom. The van der Waals surface area contributed by atoms with E-state index in [1.165, 1.54) is 12.8 Å². The molecule has 0 saturated heterocycles. The molecule has 0 N–H and O–H groups in total. The Morgan fingerprint density at radius 1 is 0.842 bits per heavy atom. The highest BCUT2D eigenvalue weighted by Gasteiger charge is 2.63. The highest BCUT2D eigenvalue weighted by atomic mass is 14.7. The van der Waals surface area contributed by atoms with E-state index < -0.39 is 0 Å². The van der Waals surface area contributed by atoms with E-state index in [-0.39, 0.29) is 0 Å². The summed E-state index contributed by atoms with van der Waals surface area (Å²) in [6.07, 6.45) is 4.46. The topological polar surface area (TPSA) is 0 Å². The van der Waals surface area contributed by atoms with E-state index in [9.17, 15) is 0 Å². The van der Waals surface area contributed by atoms with Crippen LogP contribution in [0.5, 0.6) is 0 Å². The van der Waals surface area contributed by atoms with Gasteiger partial charge in [-0.15, -0.1) is 0 Å². The first-order valence-corrected chi connectivity index (χ1v) is 8.97. The molecule has 3 aliphatic carbocycles. The van der Waals surface area contributed by atoms with E-state index >= 15 is 0 Å². The van der Waals surface area contributed by atoms with Crippen molar-refractivity contribution in [2.45, 2.75) is 60.8 Å². The van der Waals surface area contributed by atoms with Gasteiger partial charge < -0.3 is 0 Å². The molecule has 0 nitrogen and oxygen atoms in total. The molecule has 0 heterocycles. The zero-order valence-corrected chi connectivity index (χ0v) is 13.9. The number of hydrogen-bond acceptors (Lipinski definition) is 0. The van der Waals surface area contributed by atoms with Crippen molar-refractivity contribution in [1.29, 1.82) is 0 Å². The maximum Gasteiger partial charge on any atom is -0.0318 e. The van der Waals surface area contributed by atoms with Crippen molar-refractivity contribution in [1.82, 2.24) is 0 Å². The summed E-state index contributed by atoms with van der Waals surface area (Å²) in [6.45, 7) is 15.0. The fourth-order valence-electron chi connectivity index (χ4n) is 6.64. The average molecular weight is 262 g/mol. The Hall–Kier alpha value is 0. The van der Waals surface area contributed by atoms with Gasteiger partial charge in [-0.1, -0.05) is 48.0 Å². The van der Waals surface area contributed by atoms with Gasteiger partial charge in [-0.2, -0.15) is 0 Å². The zero-order valence-electron chi connectivity index (χ0n) is 13.9. The third-order valence-corrected chi connectivity index (χ3v) is 8.05. The number of hydrogen-bond donors (Lipinski definition) is 0. The third kappa shape index (κ3) is 1.84.